The van der Waals surface area contributed by atoms with E-state index in [0.717, 1.165) is 11.8 Å². The molecular weight excluding hydrogens is 286 g/mol. The summed E-state index contributed by atoms with van der Waals surface area (Å²) in [4.78, 5) is 16.4. The quantitative estimate of drug-likeness (QED) is 0.402. The minimum absolute atomic E-state index is 0.0517. The number of ketones is 1. The van der Waals surface area contributed by atoms with Crippen molar-refractivity contribution in [2.24, 2.45) is 0 Å². The topological polar surface area (TPSA) is 122 Å². The van der Waals surface area contributed by atoms with Crippen LogP contribution in [0.3, 0.4) is 0 Å². The van der Waals surface area contributed by atoms with Crippen LogP contribution in [0.15, 0.2) is 42.7 Å². The molecule has 0 radical (unpaired) electrons. The number of rotatable bonds is 5. The average Bonchev–Trinajstić information content (AvgIpc) is 3.19. The number of nitrogens with zero attached hydrogens (tertiary/aromatic N) is 6. The molecule has 0 aromatic carbocycles. The highest BCUT2D eigenvalue weighted by molar-refractivity contribution is 6.06. The van der Waals surface area contributed by atoms with E-state index in [0.29, 0.717) is 12.2 Å². The third-order valence-corrected chi connectivity index (χ3v) is 2.85. The van der Waals surface area contributed by atoms with Crippen LogP contribution in [0.5, 0.6) is 0 Å². The highest BCUT2D eigenvalue weighted by Crippen LogP contribution is 2.09. The largest absolute Gasteiger partial charge is 0.504 e. The number of hydrogen-bond acceptors (Lipinski definition) is 7. The van der Waals surface area contributed by atoms with Gasteiger partial charge in [-0.05, 0) is 23.4 Å². The Morgan fingerprint density at radius 3 is 2.95 bits per heavy atom. The number of tetrazole rings is 1. The second kappa shape index (κ2) is 5.95. The Balaban J connectivity index is 1.82. The Morgan fingerprint density at radius 2 is 2.23 bits per heavy atom. The summed E-state index contributed by atoms with van der Waals surface area (Å²) in [5.74, 6) is -0.843. The molecule has 3 aromatic rings. The van der Waals surface area contributed by atoms with E-state index >= 15 is 0 Å². The van der Waals surface area contributed by atoms with Crippen molar-refractivity contribution in [3.8, 4) is 0 Å². The molecule has 3 rings (SSSR count). The van der Waals surface area contributed by atoms with Crippen molar-refractivity contribution in [3.05, 3.63) is 59.9 Å². The standard InChI is InChI=1S/C13H11N7O2/c21-11(7-12(22)13-16-18-19-17-13)10-4-6-15-20(10)8-9-3-1-2-5-14-9/h1-7,22H,8H2,(H,16,17,18,19). The molecular formula is C13H11N7O2. The van der Waals surface area contributed by atoms with Gasteiger partial charge in [0, 0.05) is 18.5 Å². The number of aromatic nitrogens is 7. The van der Waals surface area contributed by atoms with Crippen LogP contribution in [0.4, 0.5) is 0 Å². The fourth-order valence-electron chi connectivity index (χ4n) is 1.85. The molecule has 0 amide bonds. The fourth-order valence-corrected chi connectivity index (χ4v) is 1.85. The predicted octanol–water partition coefficient (Wildman–Crippen LogP) is 0.621. The highest BCUT2D eigenvalue weighted by atomic mass is 16.3. The van der Waals surface area contributed by atoms with Crippen molar-refractivity contribution in [3.63, 3.8) is 0 Å². The van der Waals surface area contributed by atoms with Crippen molar-refractivity contribution in [2.75, 3.05) is 0 Å². The summed E-state index contributed by atoms with van der Waals surface area (Å²) in [7, 11) is 0. The van der Waals surface area contributed by atoms with Crippen LogP contribution < -0.4 is 0 Å². The van der Waals surface area contributed by atoms with Gasteiger partial charge in [0.2, 0.25) is 11.6 Å². The van der Waals surface area contributed by atoms with Gasteiger partial charge in [-0.2, -0.15) is 10.3 Å². The first-order chi connectivity index (χ1) is 10.7. The monoisotopic (exact) mass is 297 g/mol. The SMILES string of the molecule is O=C(C=C(O)c1nn[nH]n1)c1ccnn1Cc1ccccn1. The van der Waals surface area contributed by atoms with Crippen LogP contribution in [0.1, 0.15) is 22.0 Å². The third kappa shape index (κ3) is 2.87. The summed E-state index contributed by atoms with van der Waals surface area (Å²) in [5, 5.41) is 26.6. The first kappa shape index (κ1) is 13.6. The predicted molar refractivity (Wildman–Crippen MR) is 74.7 cm³/mol. The summed E-state index contributed by atoms with van der Waals surface area (Å²) in [6.07, 6.45) is 4.20. The van der Waals surface area contributed by atoms with Gasteiger partial charge in [-0.15, -0.1) is 10.2 Å². The lowest BCUT2D eigenvalue weighted by Gasteiger charge is -2.04. The van der Waals surface area contributed by atoms with Gasteiger partial charge in [-0.3, -0.25) is 14.5 Å². The van der Waals surface area contributed by atoms with Gasteiger partial charge in [0.1, 0.15) is 5.69 Å². The maximum absolute atomic E-state index is 12.2. The van der Waals surface area contributed by atoms with Crippen LogP contribution in [-0.2, 0) is 6.54 Å². The van der Waals surface area contributed by atoms with Crippen molar-refractivity contribution >= 4 is 11.5 Å². The number of hydrogen-bond donors (Lipinski definition) is 2. The molecule has 9 nitrogen and oxygen atoms in total. The summed E-state index contributed by atoms with van der Waals surface area (Å²) < 4.78 is 1.50. The number of carbonyl (C=O) groups excluding carboxylic acids is 1. The highest BCUT2D eigenvalue weighted by Gasteiger charge is 2.14. The Morgan fingerprint density at radius 1 is 1.32 bits per heavy atom. The zero-order valence-corrected chi connectivity index (χ0v) is 11.3. The molecule has 0 aliphatic carbocycles. The normalized spacial score (nSPS) is 11.5. The van der Waals surface area contributed by atoms with Crippen molar-refractivity contribution in [1.29, 1.82) is 0 Å². The van der Waals surface area contributed by atoms with Gasteiger partial charge in [-0.1, -0.05) is 6.07 Å². The Labute approximate surface area is 124 Å². The number of H-pyrrole nitrogens is 1. The molecule has 2 N–H and O–H groups in total. The van der Waals surface area contributed by atoms with Crippen LogP contribution in [0.2, 0.25) is 0 Å². The van der Waals surface area contributed by atoms with Gasteiger partial charge in [0.15, 0.2) is 5.76 Å². The Bertz CT molecular complexity index is 793. The zero-order chi connectivity index (χ0) is 15.4. The zero-order valence-electron chi connectivity index (χ0n) is 11.3. The lowest BCUT2D eigenvalue weighted by molar-refractivity contribution is 0.103. The van der Waals surface area contributed by atoms with Crippen molar-refractivity contribution in [2.45, 2.75) is 6.54 Å². The van der Waals surface area contributed by atoms with Crippen LogP contribution >= 0.6 is 0 Å². The van der Waals surface area contributed by atoms with Gasteiger partial charge >= 0.3 is 0 Å². The molecule has 110 valence electrons. The van der Waals surface area contributed by atoms with E-state index in [1.54, 1.807) is 12.3 Å². The molecule has 3 aromatic heterocycles. The first-order valence-electron chi connectivity index (χ1n) is 6.34. The van der Waals surface area contributed by atoms with Gasteiger partial charge in [0.05, 0.1) is 12.2 Å². The summed E-state index contributed by atoms with van der Waals surface area (Å²) >= 11 is 0. The Kier molecular flexibility index (Phi) is 3.69. The van der Waals surface area contributed by atoms with E-state index in [4.69, 9.17) is 0 Å². The summed E-state index contributed by atoms with van der Waals surface area (Å²) in [5.41, 5.74) is 1.09. The van der Waals surface area contributed by atoms with Crippen molar-refractivity contribution in [1.82, 2.24) is 35.4 Å². The molecule has 3 heterocycles. The van der Waals surface area contributed by atoms with Crippen molar-refractivity contribution < 1.29 is 9.90 Å². The number of pyridine rings is 1. The minimum Gasteiger partial charge on any atom is -0.504 e. The Hall–Kier alpha value is -3.36. The second-order valence-electron chi connectivity index (χ2n) is 4.32. The van der Waals surface area contributed by atoms with Gasteiger partial charge in [-0.25, -0.2) is 0 Å². The van der Waals surface area contributed by atoms with E-state index in [1.165, 1.54) is 10.9 Å². The van der Waals surface area contributed by atoms with E-state index in [9.17, 15) is 9.90 Å². The molecule has 0 atom stereocenters. The first-order valence-corrected chi connectivity index (χ1v) is 6.34. The number of aliphatic hydroxyl groups excluding tert-OH is 1. The van der Waals surface area contributed by atoms with Crippen LogP contribution in [0.25, 0.3) is 5.76 Å². The van der Waals surface area contributed by atoms with Crippen LogP contribution in [0, 0.1) is 0 Å². The van der Waals surface area contributed by atoms with Crippen LogP contribution in [-0.4, -0.2) is 46.3 Å². The molecule has 0 fully saturated rings. The maximum Gasteiger partial charge on any atom is 0.239 e. The van der Waals surface area contributed by atoms with Gasteiger partial charge in [0.25, 0.3) is 0 Å². The fraction of sp³-hybridized carbons (Fsp3) is 0.0769. The lowest BCUT2D eigenvalue weighted by atomic mass is 10.2. The second-order valence-corrected chi connectivity index (χ2v) is 4.32. The van der Waals surface area contributed by atoms with E-state index < -0.39 is 5.78 Å². The molecule has 0 aliphatic heterocycles. The molecule has 9 heteroatoms. The number of aliphatic hydroxyl groups is 1. The van der Waals surface area contributed by atoms with E-state index in [1.807, 2.05) is 18.2 Å². The average molecular weight is 297 g/mol. The lowest BCUT2D eigenvalue weighted by Crippen LogP contribution is -2.11. The van der Waals surface area contributed by atoms with Gasteiger partial charge < -0.3 is 5.11 Å². The number of aromatic amines is 1. The number of nitrogens with one attached hydrogen (secondary N) is 1. The number of carbonyl (C=O) groups is 1. The number of allylic oxidation sites excluding steroid dienone is 1. The summed E-state index contributed by atoms with van der Waals surface area (Å²) in [6, 6.07) is 7.06. The molecule has 0 unspecified atom stereocenters. The molecule has 0 aliphatic rings. The molecule has 0 bridgehead atoms. The molecule has 22 heavy (non-hydrogen) atoms. The minimum atomic E-state index is -0.421. The third-order valence-electron chi connectivity index (χ3n) is 2.85. The smallest absolute Gasteiger partial charge is 0.239 e. The molecule has 0 saturated carbocycles. The van der Waals surface area contributed by atoms with E-state index in [-0.39, 0.29) is 11.6 Å². The maximum atomic E-state index is 12.2. The molecule has 0 saturated heterocycles. The van der Waals surface area contributed by atoms with E-state index in [2.05, 4.69) is 30.7 Å². The molecule has 0 spiro atoms. The summed E-state index contributed by atoms with van der Waals surface area (Å²) in [6.45, 7) is 0.353.